The third-order valence-electron chi connectivity index (χ3n) is 2.51. The highest BCUT2D eigenvalue weighted by molar-refractivity contribution is 9.10. The summed E-state index contributed by atoms with van der Waals surface area (Å²) in [5.41, 5.74) is 1.71. The van der Waals surface area contributed by atoms with Crippen LogP contribution >= 0.6 is 27.3 Å². The van der Waals surface area contributed by atoms with E-state index in [1.54, 1.807) is 6.20 Å². The Labute approximate surface area is 118 Å². The Morgan fingerprint density at radius 2 is 2.28 bits per heavy atom. The van der Waals surface area contributed by atoms with Crippen molar-refractivity contribution < 1.29 is 4.79 Å². The quantitative estimate of drug-likeness (QED) is 0.866. The number of carbonyl (C=O) groups excluding carboxylic acids is 1. The van der Waals surface area contributed by atoms with Crippen molar-refractivity contribution in [2.75, 3.05) is 5.32 Å². The van der Waals surface area contributed by atoms with E-state index in [9.17, 15) is 4.79 Å². The van der Waals surface area contributed by atoms with Crippen LogP contribution in [0.25, 0.3) is 0 Å². The molecule has 0 aliphatic rings. The first kappa shape index (κ1) is 13.2. The number of rotatable bonds is 3. The average Bonchev–Trinajstić information content (AvgIpc) is 2.82. The van der Waals surface area contributed by atoms with E-state index >= 15 is 0 Å². The molecule has 0 unspecified atom stereocenters. The smallest absolute Gasteiger partial charge is 0.265 e. The second kappa shape index (κ2) is 5.63. The Balaban J connectivity index is 2.13. The average molecular weight is 325 g/mol. The number of amides is 1. The second-order valence-electron chi connectivity index (χ2n) is 3.91. The van der Waals surface area contributed by atoms with Crippen LogP contribution in [0.15, 0.2) is 29.0 Å². The maximum absolute atomic E-state index is 12.0. The fraction of sp³-hybridized carbons (Fsp3) is 0.231. The van der Waals surface area contributed by atoms with Gasteiger partial charge in [-0.3, -0.25) is 4.79 Å². The molecule has 0 aromatic carbocycles. The number of nitrogens with one attached hydrogen (secondary N) is 1. The molecule has 2 aromatic rings. The largest absolute Gasteiger partial charge is 0.320 e. The zero-order valence-corrected chi connectivity index (χ0v) is 12.6. The van der Waals surface area contributed by atoms with Gasteiger partial charge in [-0.2, -0.15) is 0 Å². The molecule has 2 heterocycles. The van der Waals surface area contributed by atoms with Crippen LogP contribution in [0.2, 0.25) is 0 Å². The van der Waals surface area contributed by atoms with Gasteiger partial charge in [-0.1, -0.05) is 6.92 Å². The van der Waals surface area contributed by atoms with Gasteiger partial charge in [0.2, 0.25) is 0 Å². The first-order chi connectivity index (χ1) is 8.60. The minimum Gasteiger partial charge on any atom is -0.320 e. The molecule has 0 radical (unpaired) electrons. The lowest BCUT2D eigenvalue weighted by atomic mass is 10.3. The zero-order valence-electron chi connectivity index (χ0n) is 10.2. The fourth-order valence-electron chi connectivity index (χ4n) is 1.51. The van der Waals surface area contributed by atoms with Crippen LogP contribution in [-0.4, -0.2) is 10.9 Å². The Kier molecular flexibility index (Phi) is 4.14. The summed E-state index contributed by atoms with van der Waals surface area (Å²) in [6.45, 7) is 4.02. The van der Waals surface area contributed by atoms with E-state index in [1.807, 2.05) is 25.1 Å². The molecule has 5 heteroatoms. The zero-order chi connectivity index (χ0) is 13.1. The van der Waals surface area contributed by atoms with Crippen LogP contribution < -0.4 is 5.32 Å². The minimum atomic E-state index is -0.0803. The topological polar surface area (TPSA) is 42.0 Å². The van der Waals surface area contributed by atoms with E-state index < -0.39 is 0 Å². The SMILES string of the molecule is CCc1ccc(C(=O)Nc2cnc(Br)c(C)c2)s1. The summed E-state index contributed by atoms with van der Waals surface area (Å²) in [6.07, 6.45) is 2.60. The molecular formula is C13H13BrN2OS. The van der Waals surface area contributed by atoms with Crippen LogP contribution in [-0.2, 0) is 6.42 Å². The van der Waals surface area contributed by atoms with Gasteiger partial charge in [0, 0.05) is 4.88 Å². The van der Waals surface area contributed by atoms with Crippen molar-refractivity contribution in [2.24, 2.45) is 0 Å². The molecule has 18 heavy (non-hydrogen) atoms. The highest BCUT2D eigenvalue weighted by atomic mass is 79.9. The monoisotopic (exact) mass is 324 g/mol. The van der Waals surface area contributed by atoms with Gasteiger partial charge in [-0.15, -0.1) is 11.3 Å². The summed E-state index contributed by atoms with van der Waals surface area (Å²) in [5.74, 6) is -0.0803. The lowest BCUT2D eigenvalue weighted by molar-refractivity contribution is 0.103. The van der Waals surface area contributed by atoms with E-state index in [1.165, 1.54) is 16.2 Å². The number of aromatic nitrogens is 1. The number of halogens is 1. The van der Waals surface area contributed by atoms with Crippen molar-refractivity contribution in [3.8, 4) is 0 Å². The van der Waals surface area contributed by atoms with Crippen molar-refractivity contribution >= 4 is 38.9 Å². The molecule has 0 bridgehead atoms. The molecule has 0 aliphatic heterocycles. The molecule has 94 valence electrons. The number of anilines is 1. The summed E-state index contributed by atoms with van der Waals surface area (Å²) < 4.78 is 0.796. The van der Waals surface area contributed by atoms with Crippen molar-refractivity contribution in [2.45, 2.75) is 20.3 Å². The molecule has 2 aromatic heterocycles. The standard InChI is InChI=1S/C13H13BrN2OS/c1-3-10-4-5-11(18-10)13(17)16-9-6-8(2)12(14)15-7-9/h4-7H,3H2,1-2H3,(H,16,17). The predicted octanol–water partition coefficient (Wildman–Crippen LogP) is 4.03. The van der Waals surface area contributed by atoms with Crippen LogP contribution in [0.5, 0.6) is 0 Å². The van der Waals surface area contributed by atoms with Crippen molar-refractivity contribution in [1.82, 2.24) is 4.98 Å². The Morgan fingerprint density at radius 3 is 2.89 bits per heavy atom. The maximum atomic E-state index is 12.0. The lowest BCUT2D eigenvalue weighted by Crippen LogP contribution is -2.10. The second-order valence-corrected chi connectivity index (χ2v) is 5.82. The minimum absolute atomic E-state index is 0.0803. The van der Waals surface area contributed by atoms with Crippen molar-refractivity contribution in [3.63, 3.8) is 0 Å². The Hall–Kier alpha value is -1.20. The van der Waals surface area contributed by atoms with E-state index in [4.69, 9.17) is 0 Å². The maximum Gasteiger partial charge on any atom is 0.265 e. The number of thiophene rings is 1. The number of hydrogen-bond donors (Lipinski definition) is 1. The third-order valence-corrected chi connectivity index (χ3v) is 4.56. The number of pyridine rings is 1. The van der Waals surface area contributed by atoms with Crippen LogP contribution in [0.4, 0.5) is 5.69 Å². The Morgan fingerprint density at radius 1 is 1.50 bits per heavy atom. The van der Waals surface area contributed by atoms with E-state index in [0.29, 0.717) is 5.69 Å². The van der Waals surface area contributed by atoms with Gasteiger partial charge < -0.3 is 5.32 Å². The number of carbonyl (C=O) groups is 1. The van der Waals surface area contributed by atoms with Gasteiger partial charge in [-0.25, -0.2) is 4.98 Å². The molecule has 0 saturated heterocycles. The van der Waals surface area contributed by atoms with Crippen molar-refractivity contribution in [1.29, 1.82) is 0 Å². The van der Waals surface area contributed by atoms with Gasteiger partial charge in [-0.05, 0) is 53.0 Å². The number of nitrogens with zero attached hydrogens (tertiary/aromatic N) is 1. The summed E-state index contributed by atoms with van der Waals surface area (Å²) >= 11 is 4.86. The first-order valence-corrected chi connectivity index (χ1v) is 7.23. The van der Waals surface area contributed by atoms with Crippen LogP contribution in [0.1, 0.15) is 27.0 Å². The molecule has 0 spiro atoms. The molecule has 0 saturated carbocycles. The molecule has 3 nitrogen and oxygen atoms in total. The highest BCUT2D eigenvalue weighted by Crippen LogP contribution is 2.20. The first-order valence-electron chi connectivity index (χ1n) is 5.62. The van der Waals surface area contributed by atoms with Gasteiger partial charge in [0.15, 0.2) is 0 Å². The lowest BCUT2D eigenvalue weighted by Gasteiger charge is -2.05. The summed E-state index contributed by atoms with van der Waals surface area (Å²) in [5, 5.41) is 2.85. The summed E-state index contributed by atoms with van der Waals surface area (Å²) in [6, 6.07) is 5.74. The molecule has 1 N–H and O–H groups in total. The molecular weight excluding hydrogens is 312 g/mol. The molecule has 0 atom stereocenters. The van der Waals surface area contributed by atoms with Gasteiger partial charge >= 0.3 is 0 Å². The highest BCUT2D eigenvalue weighted by Gasteiger charge is 2.09. The Bertz CT molecular complexity index is 580. The molecule has 1 amide bonds. The van der Waals surface area contributed by atoms with Crippen molar-refractivity contribution in [3.05, 3.63) is 44.3 Å². The third kappa shape index (κ3) is 2.97. The van der Waals surface area contributed by atoms with E-state index in [2.05, 4.69) is 33.2 Å². The predicted molar refractivity (Wildman–Crippen MR) is 78.3 cm³/mol. The number of hydrogen-bond acceptors (Lipinski definition) is 3. The van der Waals surface area contributed by atoms with Gasteiger partial charge in [0.1, 0.15) is 4.60 Å². The molecule has 2 rings (SSSR count). The summed E-state index contributed by atoms with van der Waals surface area (Å²) in [7, 11) is 0. The number of aryl methyl sites for hydroxylation is 2. The summed E-state index contributed by atoms with van der Waals surface area (Å²) in [4.78, 5) is 18.1. The van der Waals surface area contributed by atoms with Crippen LogP contribution in [0, 0.1) is 6.92 Å². The van der Waals surface area contributed by atoms with E-state index in [0.717, 1.165) is 21.5 Å². The van der Waals surface area contributed by atoms with Crippen LogP contribution in [0.3, 0.4) is 0 Å². The van der Waals surface area contributed by atoms with Gasteiger partial charge in [0.25, 0.3) is 5.91 Å². The molecule has 0 aliphatic carbocycles. The van der Waals surface area contributed by atoms with Gasteiger partial charge in [0.05, 0.1) is 16.8 Å². The van der Waals surface area contributed by atoms with E-state index in [-0.39, 0.29) is 5.91 Å². The fourth-order valence-corrected chi connectivity index (χ4v) is 2.57. The normalized spacial score (nSPS) is 10.4. The molecule has 0 fully saturated rings.